The summed E-state index contributed by atoms with van der Waals surface area (Å²) in [5.41, 5.74) is -0.699. The SMILES string of the molecule is O=C([O-])c1cccc(NC(=O)c2cc(Cl)c(Cl)cc2C(=O)[O-])c1. The molecule has 0 aliphatic rings. The molecule has 0 spiro atoms. The fraction of sp³-hybridized carbons (Fsp3) is 0. The number of benzene rings is 2. The van der Waals surface area contributed by atoms with E-state index >= 15 is 0 Å². The summed E-state index contributed by atoms with van der Waals surface area (Å²) >= 11 is 11.5. The minimum atomic E-state index is -1.60. The number of carbonyl (C=O) groups excluding carboxylic acids is 3. The first kappa shape index (κ1) is 16.8. The number of anilines is 1. The molecule has 0 aliphatic heterocycles. The lowest BCUT2D eigenvalue weighted by Crippen LogP contribution is -2.27. The first-order chi connectivity index (χ1) is 10.8. The van der Waals surface area contributed by atoms with Crippen molar-refractivity contribution in [3.63, 3.8) is 0 Å². The molecule has 1 amide bonds. The predicted molar refractivity (Wildman–Crippen MR) is 79.5 cm³/mol. The number of rotatable bonds is 4. The van der Waals surface area contributed by atoms with Crippen molar-refractivity contribution >= 4 is 46.7 Å². The number of halogens is 2. The van der Waals surface area contributed by atoms with Gasteiger partial charge in [-0.25, -0.2) is 0 Å². The van der Waals surface area contributed by atoms with Crippen LogP contribution in [0, 0.1) is 0 Å². The molecule has 6 nitrogen and oxygen atoms in total. The summed E-state index contributed by atoms with van der Waals surface area (Å²) in [5.74, 6) is -3.82. The lowest BCUT2D eigenvalue weighted by atomic mass is 10.1. The van der Waals surface area contributed by atoms with E-state index in [2.05, 4.69) is 5.32 Å². The third kappa shape index (κ3) is 3.80. The van der Waals surface area contributed by atoms with Gasteiger partial charge >= 0.3 is 0 Å². The fourth-order valence-electron chi connectivity index (χ4n) is 1.83. The number of nitrogens with one attached hydrogen (secondary N) is 1. The Morgan fingerprint density at radius 1 is 0.870 bits per heavy atom. The summed E-state index contributed by atoms with van der Waals surface area (Å²) in [6.07, 6.45) is 0. The lowest BCUT2D eigenvalue weighted by Gasteiger charge is -2.13. The Labute approximate surface area is 140 Å². The van der Waals surface area contributed by atoms with Gasteiger partial charge in [-0.05, 0) is 29.8 Å². The average Bonchev–Trinajstić information content (AvgIpc) is 2.49. The molecule has 0 fully saturated rings. The van der Waals surface area contributed by atoms with Gasteiger partial charge in [-0.15, -0.1) is 0 Å². The molecule has 0 radical (unpaired) electrons. The van der Waals surface area contributed by atoms with Crippen LogP contribution in [-0.2, 0) is 0 Å². The topological polar surface area (TPSA) is 109 Å². The molecule has 2 rings (SSSR count). The minimum absolute atomic E-state index is 0.00898. The van der Waals surface area contributed by atoms with Gasteiger partial charge in [0.15, 0.2) is 0 Å². The summed E-state index contributed by atoms with van der Waals surface area (Å²) in [6.45, 7) is 0. The number of carboxylic acid groups (broad SMARTS) is 2. The maximum atomic E-state index is 12.2. The molecule has 23 heavy (non-hydrogen) atoms. The smallest absolute Gasteiger partial charge is 0.256 e. The molecule has 0 unspecified atom stereocenters. The summed E-state index contributed by atoms with van der Waals surface area (Å²) in [6, 6.07) is 7.38. The van der Waals surface area contributed by atoms with E-state index in [0.717, 1.165) is 12.1 Å². The molecule has 0 atom stereocenters. The predicted octanol–water partition coefficient (Wildman–Crippen LogP) is 0.973. The van der Waals surface area contributed by atoms with Crippen LogP contribution in [-0.4, -0.2) is 17.8 Å². The second-order valence-electron chi connectivity index (χ2n) is 4.42. The quantitative estimate of drug-likeness (QED) is 0.882. The number of amides is 1. The van der Waals surface area contributed by atoms with Crippen LogP contribution in [0.4, 0.5) is 5.69 Å². The number of hydrogen-bond acceptors (Lipinski definition) is 5. The Balaban J connectivity index is 2.38. The Morgan fingerprint density at radius 2 is 1.48 bits per heavy atom. The van der Waals surface area contributed by atoms with Gasteiger partial charge < -0.3 is 25.1 Å². The molecular formula is C15H7Cl2NO5-2. The number of carbonyl (C=O) groups is 3. The van der Waals surface area contributed by atoms with Crippen molar-refractivity contribution in [2.45, 2.75) is 0 Å². The van der Waals surface area contributed by atoms with E-state index in [-0.39, 0.29) is 26.9 Å². The monoisotopic (exact) mass is 351 g/mol. The maximum Gasteiger partial charge on any atom is 0.256 e. The highest BCUT2D eigenvalue weighted by molar-refractivity contribution is 6.42. The van der Waals surface area contributed by atoms with Crippen molar-refractivity contribution in [2.75, 3.05) is 5.32 Å². The van der Waals surface area contributed by atoms with Gasteiger partial charge in [-0.1, -0.05) is 35.3 Å². The van der Waals surface area contributed by atoms with E-state index in [1.165, 1.54) is 24.3 Å². The summed E-state index contributed by atoms with van der Waals surface area (Å²) < 4.78 is 0. The summed E-state index contributed by atoms with van der Waals surface area (Å²) in [7, 11) is 0. The van der Waals surface area contributed by atoms with E-state index in [1.807, 2.05) is 0 Å². The molecule has 1 N–H and O–H groups in total. The van der Waals surface area contributed by atoms with Crippen LogP contribution < -0.4 is 15.5 Å². The molecule has 0 aromatic heterocycles. The normalized spacial score (nSPS) is 10.2. The lowest BCUT2D eigenvalue weighted by molar-refractivity contribution is -0.256. The van der Waals surface area contributed by atoms with Gasteiger partial charge in [0.1, 0.15) is 0 Å². The molecule has 8 heteroatoms. The Morgan fingerprint density at radius 3 is 2.04 bits per heavy atom. The Kier molecular flexibility index (Phi) is 4.88. The standard InChI is InChI=1S/C15H9Cl2NO5/c16-11-5-9(10(15(22)23)6-12(11)17)13(19)18-8-3-1-2-7(4-8)14(20)21/h1-6H,(H,18,19)(H,20,21)(H,22,23)/p-2. The molecule has 0 bridgehead atoms. The van der Waals surface area contributed by atoms with Gasteiger partial charge in [0.05, 0.1) is 27.5 Å². The van der Waals surface area contributed by atoms with Gasteiger partial charge in [-0.3, -0.25) is 4.79 Å². The number of aromatic carboxylic acids is 2. The van der Waals surface area contributed by atoms with Gasteiger partial charge in [0.2, 0.25) is 0 Å². The molecule has 0 aliphatic carbocycles. The third-order valence-corrected chi connectivity index (χ3v) is 3.60. The van der Waals surface area contributed by atoms with Crippen LogP contribution in [0.25, 0.3) is 0 Å². The second-order valence-corrected chi connectivity index (χ2v) is 5.24. The van der Waals surface area contributed by atoms with Crippen LogP contribution >= 0.6 is 23.2 Å². The van der Waals surface area contributed by atoms with Crippen LogP contribution in [0.5, 0.6) is 0 Å². The van der Waals surface area contributed by atoms with E-state index in [9.17, 15) is 24.6 Å². The molecule has 0 saturated heterocycles. The first-order valence-corrected chi connectivity index (χ1v) is 6.88. The molecule has 118 valence electrons. The van der Waals surface area contributed by atoms with Crippen LogP contribution in [0.2, 0.25) is 10.0 Å². The minimum Gasteiger partial charge on any atom is -0.545 e. The highest BCUT2D eigenvalue weighted by atomic mass is 35.5. The van der Waals surface area contributed by atoms with E-state index in [0.29, 0.717) is 0 Å². The van der Waals surface area contributed by atoms with Crippen LogP contribution in [0.1, 0.15) is 31.1 Å². The maximum absolute atomic E-state index is 12.2. The number of hydrogen-bond donors (Lipinski definition) is 1. The fourth-order valence-corrected chi connectivity index (χ4v) is 2.15. The second kappa shape index (κ2) is 6.68. The van der Waals surface area contributed by atoms with Crippen molar-refractivity contribution in [1.82, 2.24) is 0 Å². The van der Waals surface area contributed by atoms with Crippen LogP contribution in [0.3, 0.4) is 0 Å². The van der Waals surface area contributed by atoms with Crippen molar-refractivity contribution in [3.8, 4) is 0 Å². The highest BCUT2D eigenvalue weighted by Crippen LogP contribution is 2.26. The molecule has 0 saturated carbocycles. The first-order valence-electron chi connectivity index (χ1n) is 6.12. The van der Waals surface area contributed by atoms with E-state index in [1.54, 1.807) is 0 Å². The third-order valence-electron chi connectivity index (χ3n) is 2.88. The summed E-state index contributed by atoms with van der Waals surface area (Å²) in [4.78, 5) is 34.1. The zero-order valence-electron chi connectivity index (χ0n) is 11.3. The van der Waals surface area contributed by atoms with Crippen molar-refractivity contribution in [1.29, 1.82) is 0 Å². The Hall–Kier alpha value is -2.57. The summed E-state index contributed by atoms with van der Waals surface area (Å²) in [5, 5.41) is 24.2. The van der Waals surface area contributed by atoms with Crippen molar-refractivity contribution in [2.24, 2.45) is 0 Å². The van der Waals surface area contributed by atoms with Gasteiger partial charge in [-0.2, -0.15) is 0 Å². The zero-order valence-corrected chi connectivity index (χ0v) is 12.8. The largest absolute Gasteiger partial charge is 0.545 e. The highest BCUT2D eigenvalue weighted by Gasteiger charge is 2.16. The Bertz CT molecular complexity index is 820. The van der Waals surface area contributed by atoms with E-state index in [4.69, 9.17) is 23.2 Å². The molecular weight excluding hydrogens is 345 g/mol. The average molecular weight is 352 g/mol. The van der Waals surface area contributed by atoms with Crippen LogP contribution in [0.15, 0.2) is 36.4 Å². The van der Waals surface area contributed by atoms with Crippen molar-refractivity contribution in [3.05, 3.63) is 63.1 Å². The number of carboxylic acids is 2. The van der Waals surface area contributed by atoms with Gasteiger partial charge in [0, 0.05) is 11.3 Å². The van der Waals surface area contributed by atoms with Gasteiger partial charge in [0.25, 0.3) is 5.91 Å². The van der Waals surface area contributed by atoms with E-state index < -0.39 is 23.4 Å². The molecule has 2 aromatic carbocycles. The van der Waals surface area contributed by atoms with Crippen molar-refractivity contribution < 1.29 is 24.6 Å². The molecule has 0 heterocycles. The molecule has 2 aromatic rings. The zero-order chi connectivity index (χ0) is 17.1.